The lowest BCUT2D eigenvalue weighted by Gasteiger charge is -2.22. The molecule has 0 unspecified atom stereocenters. The number of aryl methyl sites for hydroxylation is 1. The van der Waals surface area contributed by atoms with Gasteiger partial charge in [0.1, 0.15) is 5.82 Å². The van der Waals surface area contributed by atoms with Crippen LogP contribution in [0.3, 0.4) is 0 Å². The smallest absolute Gasteiger partial charge is 0.223 e. The molecular weight excluding hydrogens is 346 g/mol. The molecule has 26 heavy (non-hydrogen) atoms. The molecule has 0 saturated heterocycles. The number of rotatable bonds is 6. The number of hydrogen-bond donors (Lipinski definition) is 1. The summed E-state index contributed by atoms with van der Waals surface area (Å²) in [6.45, 7) is 2.42. The van der Waals surface area contributed by atoms with E-state index in [9.17, 15) is 4.79 Å². The molecule has 1 atom stereocenters. The lowest BCUT2D eigenvalue weighted by atomic mass is 9.88. The molecule has 0 saturated carbocycles. The molecule has 3 rings (SSSR count). The Balaban J connectivity index is 1.78. The van der Waals surface area contributed by atoms with Crippen molar-refractivity contribution in [3.8, 4) is 0 Å². The van der Waals surface area contributed by atoms with E-state index in [1.807, 2.05) is 56.4 Å². The summed E-state index contributed by atoms with van der Waals surface area (Å²) in [4.78, 5) is 22.0. The highest BCUT2D eigenvalue weighted by molar-refractivity contribution is 6.30. The summed E-state index contributed by atoms with van der Waals surface area (Å²) in [6, 6.07) is 17.8. The number of carbonyl (C=O) groups is 1. The molecule has 1 aromatic heterocycles. The molecule has 134 valence electrons. The average Bonchev–Trinajstić information content (AvgIpc) is 3.06. The quantitative estimate of drug-likeness (QED) is 0.694. The molecular formula is C21H22ClN3O. The van der Waals surface area contributed by atoms with Gasteiger partial charge in [-0.05, 0) is 30.2 Å². The number of carbonyl (C=O) groups excluding carboxylic acids is 1. The van der Waals surface area contributed by atoms with Gasteiger partial charge in [0, 0.05) is 36.3 Å². The third kappa shape index (κ3) is 4.52. The van der Waals surface area contributed by atoms with Crippen LogP contribution in [0.1, 0.15) is 35.0 Å². The van der Waals surface area contributed by atoms with E-state index < -0.39 is 0 Å². The maximum Gasteiger partial charge on any atom is 0.223 e. The number of aromatic amines is 1. The Kier molecular flexibility index (Phi) is 5.74. The molecule has 0 aliphatic heterocycles. The Bertz CT molecular complexity index is 858. The van der Waals surface area contributed by atoms with Crippen molar-refractivity contribution in [1.82, 2.24) is 14.9 Å². The predicted octanol–water partition coefficient (Wildman–Crippen LogP) is 4.55. The lowest BCUT2D eigenvalue weighted by Crippen LogP contribution is -2.28. The number of halogens is 1. The minimum atomic E-state index is -0.0123. The molecule has 1 N–H and O–H groups in total. The SMILES string of the molecule is Cc1cnc(CN(C)C(=O)C[C@@H](c2ccccc2)c2ccc(Cl)cc2)[nH]1. The second-order valence-corrected chi connectivity index (χ2v) is 6.92. The first kappa shape index (κ1) is 18.2. The van der Waals surface area contributed by atoms with Gasteiger partial charge in [-0.15, -0.1) is 0 Å². The maximum absolute atomic E-state index is 12.8. The van der Waals surface area contributed by atoms with Gasteiger partial charge in [0.25, 0.3) is 0 Å². The highest BCUT2D eigenvalue weighted by Gasteiger charge is 2.21. The van der Waals surface area contributed by atoms with Gasteiger partial charge in [-0.25, -0.2) is 4.98 Å². The van der Waals surface area contributed by atoms with Gasteiger partial charge in [0.05, 0.1) is 6.54 Å². The fourth-order valence-electron chi connectivity index (χ4n) is 3.00. The first-order valence-electron chi connectivity index (χ1n) is 8.58. The Morgan fingerprint density at radius 3 is 2.38 bits per heavy atom. The molecule has 0 bridgehead atoms. The van der Waals surface area contributed by atoms with Gasteiger partial charge in [-0.2, -0.15) is 0 Å². The van der Waals surface area contributed by atoms with Gasteiger partial charge in [0.2, 0.25) is 5.91 Å². The molecule has 1 amide bonds. The van der Waals surface area contributed by atoms with E-state index in [0.29, 0.717) is 18.0 Å². The maximum atomic E-state index is 12.8. The molecule has 4 nitrogen and oxygen atoms in total. The van der Waals surface area contributed by atoms with Crippen LogP contribution in [0, 0.1) is 6.92 Å². The molecule has 0 radical (unpaired) electrons. The van der Waals surface area contributed by atoms with E-state index in [1.54, 1.807) is 11.1 Å². The third-order valence-electron chi connectivity index (χ3n) is 4.42. The van der Waals surface area contributed by atoms with Gasteiger partial charge in [-0.1, -0.05) is 54.1 Å². The van der Waals surface area contributed by atoms with Crippen LogP contribution >= 0.6 is 11.6 Å². The zero-order valence-corrected chi connectivity index (χ0v) is 15.7. The normalized spacial score (nSPS) is 12.0. The van der Waals surface area contributed by atoms with Gasteiger partial charge in [0.15, 0.2) is 0 Å². The largest absolute Gasteiger partial charge is 0.345 e. The number of aromatic nitrogens is 2. The number of imidazole rings is 1. The zero-order chi connectivity index (χ0) is 18.5. The number of benzene rings is 2. The van der Waals surface area contributed by atoms with E-state index >= 15 is 0 Å². The van der Waals surface area contributed by atoms with Crippen molar-refractivity contribution in [2.45, 2.75) is 25.8 Å². The number of nitrogens with one attached hydrogen (secondary N) is 1. The van der Waals surface area contributed by atoms with Crippen LogP contribution < -0.4 is 0 Å². The van der Waals surface area contributed by atoms with Crippen LogP contribution in [-0.2, 0) is 11.3 Å². The first-order chi connectivity index (χ1) is 12.5. The summed E-state index contributed by atoms with van der Waals surface area (Å²) in [6.07, 6.45) is 2.16. The van der Waals surface area contributed by atoms with Gasteiger partial charge < -0.3 is 9.88 Å². The van der Waals surface area contributed by atoms with E-state index in [-0.39, 0.29) is 11.8 Å². The van der Waals surface area contributed by atoms with Crippen molar-refractivity contribution >= 4 is 17.5 Å². The number of H-pyrrole nitrogens is 1. The van der Waals surface area contributed by atoms with Gasteiger partial charge in [-0.3, -0.25) is 4.79 Å². The summed E-state index contributed by atoms with van der Waals surface area (Å²) in [5.41, 5.74) is 3.19. The second kappa shape index (κ2) is 8.19. The molecule has 0 aliphatic rings. The minimum Gasteiger partial charge on any atom is -0.345 e. The summed E-state index contributed by atoms with van der Waals surface area (Å²) in [5, 5.41) is 0.692. The van der Waals surface area contributed by atoms with Crippen LogP contribution in [-0.4, -0.2) is 27.8 Å². The molecule has 3 aromatic rings. The van der Waals surface area contributed by atoms with E-state index in [2.05, 4.69) is 22.1 Å². The predicted molar refractivity (Wildman–Crippen MR) is 104 cm³/mol. The average molecular weight is 368 g/mol. The van der Waals surface area contributed by atoms with Crippen molar-refractivity contribution in [3.05, 3.63) is 88.5 Å². The van der Waals surface area contributed by atoms with Crippen LogP contribution in [0.5, 0.6) is 0 Å². The second-order valence-electron chi connectivity index (χ2n) is 6.48. The molecule has 0 aliphatic carbocycles. The van der Waals surface area contributed by atoms with Crippen LogP contribution in [0.4, 0.5) is 0 Å². The van der Waals surface area contributed by atoms with Gasteiger partial charge >= 0.3 is 0 Å². The lowest BCUT2D eigenvalue weighted by molar-refractivity contribution is -0.130. The minimum absolute atomic E-state index is 0.0123. The summed E-state index contributed by atoms with van der Waals surface area (Å²) in [7, 11) is 1.81. The van der Waals surface area contributed by atoms with Crippen LogP contribution in [0.15, 0.2) is 60.8 Å². The van der Waals surface area contributed by atoms with Crippen molar-refractivity contribution < 1.29 is 4.79 Å². The summed E-state index contributed by atoms with van der Waals surface area (Å²) in [5.74, 6) is 0.853. The number of amides is 1. The van der Waals surface area contributed by atoms with Crippen molar-refractivity contribution in [3.63, 3.8) is 0 Å². The highest BCUT2D eigenvalue weighted by atomic mass is 35.5. The fourth-order valence-corrected chi connectivity index (χ4v) is 3.13. The Hall–Kier alpha value is -2.59. The number of hydrogen-bond acceptors (Lipinski definition) is 2. The molecule has 1 heterocycles. The summed E-state index contributed by atoms with van der Waals surface area (Å²) >= 11 is 6.03. The zero-order valence-electron chi connectivity index (χ0n) is 14.9. The molecule has 0 spiro atoms. The van der Waals surface area contributed by atoms with Crippen molar-refractivity contribution in [1.29, 1.82) is 0 Å². The monoisotopic (exact) mass is 367 g/mol. The van der Waals surface area contributed by atoms with Crippen LogP contribution in [0.2, 0.25) is 5.02 Å². The van der Waals surface area contributed by atoms with E-state index in [1.165, 1.54) is 0 Å². The highest BCUT2D eigenvalue weighted by Crippen LogP contribution is 2.29. The first-order valence-corrected chi connectivity index (χ1v) is 8.95. The summed E-state index contributed by atoms with van der Waals surface area (Å²) < 4.78 is 0. The molecule has 2 aromatic carbocycles. The number of nitrogens with zero attached hydrogens (tertiary/aromatic N) is 2. The standard InChI is InChI=1S/C21H22ClN3O/c1-15-13-23-20(24-15)14-25(2)21(26)12-19(16-6-4-3-5-7-16)17-8-10-18(22)11-9-17/h3-11,13,19H,12,14H2,1-2H3,(H,23,24)/t19-/m0/s1. The topological polar surface area (TPSA) is 49.0 Å². The van der Waals surface area contributed by atoms with Crippen LogP contribution in [0.25, 0.3) is 0 Å². The molecule has 0 fully saturated rings. The Morgan fingerprint density at radius 2 is 1.77 bits per heavy atom. The van der Waals surface area contributed by atoms with Crippen molar-refractivity contribution in [2.24, 2.45) is 0 Å². The molecule has 5 heteroatoms. The Labute approximate surface area is 158 Å². The fraction of sp³-hybridized carbons (Fsp3) is 0.238. The van der Waals surface area contributed by atoms with Crippen molar-refractivity contribution in [2.75, 3.05) is 7.05 Å². The van der Waals surface area contributed by atoms with E-state index in [4.69, 9.17) is 11.6 Å². The van der Waals surface area contributed by atoms with E-state index in [0.717, 1.165) is 22.6 Å². The Morgan fingerprint density at radius 1 is 1.12 bits per heavy atom. The third-order valence-corrected chi connectivity index (χ3v) is 4.67.